The van der Waals surface area contributed by atoms with Gasteiger partial charge in [-0.3, -0.25) is 15.6 Å². The fourth-order valence-electron chi connectivity index (χ4n) is 0.108. The molecule has 1 amide bonds. The molecular weight excluding hydrogens is 142 g/mol. The minimum atomic E-state index is -0.542. The Morgan fingerprint density at radius 1 is 1.27 bits per heavy atom. The normalized spacial score (nSPS) is 6.00. The third-order valence-corrected chi connectivity index (χ3v) is 0.472. The molecule has 0 aliphatic carbocycles. The quantitative estimate of drug-likeness (QED) is 0.233. The van der Waals surface area contributed by atoms with E-state index in [1.54, 1.807) is 5.43 Å². The van der Waals surface area contributed by atoms with Crippen LogP contribution in [0.1, 0.15) is 34.6 Å². The predicted octanol–water partition coefficient (Wildman–Crippen LogP) is 1.07. The van der Waals surface area contributed by atoms with Gasteiger partial charge < -0.3 is 0 Å². The van der Waals surface area contributed by atoms with Crippen LogP contribution in [0.2, 0.25) is 0 Å². The molecule has 0 radical (unpaired) electrons. The summed E-state index contributed by atoms with van der Waals surface area (Å²) in [5.74, 6) is 4.09. The fraction of sp³-hybridized carbons (Fsp3) is 0.714. The average molecular weight is 161 g/mol. The van der Waals surface area contributed by atoms with Gasteiger partial charge in [0.2, 0.25) is 0 Å². The summed E-state index contributed by atoms with van der Waals surface area (Å²) in [5.41, 5.74) is 1.72. The molecule has 0 fully saturated rings. The summed E-state index contributed by atoms with van der Waals surface area (Å²) < 4.78 is 0. The van der Waals surface area contributed by atoms with E-state index < -0.39 is 5.91 Å². The number of nitrogens with one attached hydrogen (secondary N) is 2. The molecular formula is C7H19N3O. The fourth-order valence-corrected chi connectivity index (χ4v) is 0.108. The summed E-state index contributed by atoms with van der Waals surface area (Å²) in [5, 5.41) is 6.61. The number of hydrazine groups is 1. The van der Waals surface area contributed by atoms with Crippen LogP contribution in [0.25, 0.3) is 0 Å². The van der Waals surface area contributed by atoms with Crippen molar-refractivity contribution in [2.75, 3.05) is 0 Å². The Labute approximate surface area is 68.6 Å². The van der Waals surface area contributed by atoms with Crippen molar-refractivity contribution in [1.82, 2.24) is 5.43 Å². The minimum Gasteiger partial charge on any atom is -0.300 e. The Morgan fingerprint density at radius 3 is 1.55 bits per heavy atom. The maximum Gasteiger partial charge on any atom is 0.278 e. The number of hydrogen-bond donors (Lipinski definition) is 3. The Morgan fingerprint density at radius 2 is 1.55 bits per heavy atom. The summed E-state index contributed by atoms with van der Waals surface area (Å²) >= 11 is 0. The first-order valence-corrected chi connectivity index (χ1v) is 3.74. The van der Waals surface area contributed by atoms with Crippen LogP contribution in [-0.4, -0.2) is 11.6 Å². The van der Waals surface area contributed by atoms with Crippen molar-refractivity contribution in [2.45, 2.75) is 34.6 Å². The second-order valence-corrected chi connectivity index (χ2v) is 1.10. The number of carbonyl (C=O) groups excluding carboxylic acids is 1. The van der Waals surface area contributed by atoms with E-state index >= 15 is 0 Å². The van der Waals surface area contributed by atoms with Gasteiger partial charge in [-0.25, -0.2) is 5.84 Å². The van der Waals surface area contributed by atoms with Crippen LogP contribution < -0.4 is 11.3 Å². The molecule has 4 N–H and O–H groups in total. The molecule has 0 rings (SSSR count). The van der Waals surface area contributed by atoms with Crippen LogP contribution in [0.3, 0.4) is 0 Å². The number of carbonyl (C=O) groups is 1. The molecule has 0 heterocycles. The van der Waals surface area contributed by atoms with E-state index in [0.717, 1.165) is 0 Å². The zero-order chi connectivity index (χ0) is 9.86. The van der Waals surface area contributed by atoms with Crippen molar-refractivity contribution >= 4 is 11.6 Å². The molecule has 11 heavy (non-hydrogen) atoms. The first kappa shape index (κ1) is 16.6. The van der Waals surface area contributed by atoms with Gasteiger partial charge in [0.05, 0.1) is 5.71 Å². The molecule has 0 aliphatic heterocycles. The van der Waals surface area contributed by atoms with Crippen molar-refractivity contribution in [3.05, 3.63) is 0 Å². The predicted molar refractivity (Wildman–Crippen MR) is 48.4 cm³/mol. The number of nitrogens with two attached hydrogens (primary N) is 1. The molecule has 4 heteroatoms. The highest BCUT2D eigenvalue weighted by molar-refractivity contribution is 6.36. The van der Waals surface area contributed by atoms with Crippen molar-refractivity contribution in [1.29, 1.82) is 5.41 Å². The number of rotatable bonds is 1. The molecule has 0 saturated carbocycles. The number of amides is 1. The number of hydrogen-bond acceptors (Lipinski definition) is 3. The van der Waals surface area contributed by atoms with E-state index in [9.17, 15) is 4.79 Å². The summed E-state index contributed by atoms with van der Waals surface area (Å²) in [6.07, 6.45) is 0. The van der Waals surface area contributed by atoms with E-state index in [1.165, 1.54) is 6.92 Å². The van der Waals surface area contributed by atoms with Gasteiger partial charge in [0.1, 0.15) is 0 Å². The van der Waals surface area contributed by atoms with Gasteiger partial charge in [0.25, 0.3) is 5.91 Å². The topological polar surface area (TPSA) is 79.0 Å². The highest BCUT2D eigenvalue weighted by Crippen LogP contribution is 1.63. The van der Waals surface area contributed by atoms with Crippen LogP contribution in [0.4, 0.5) is 0 Å². The van der Waals surface area contributed by atoms with Crippen molar-refractivity contribution in [3.63, 3.8) is 0 Å². The van der Waals surface area contributed by atoms with E-state index in [0.29, 0.717) is 0 Å². The Balaban J connectivity index is -0.000000138. The Bertz CT molecular complexity index is 102. The lowest BCUT2D eigenvalue weighted by molar-refractivity contribution is -0.114. The zero-order valence-electron chi connectivity index (χ0n) is 7.99. The lowest BCUT2D eigenvalue weighted by Crippen LogP contribution is -2.34. The lowest BCUT2D eigenvalue weighted by atomic mass is 10.4. The SMILES string of the molecule is CC.CC.CC(=N)C(=O)NN. The minimum absolute atomic E-state index is 0.0810. The Hall–Kier alpha value is -0.900. The molecule has 0 unspecified atom stereocenters. The summed E-state index contributed by atoms with van der Waals surface area (Å²) in [6.45, 7) is 9.36. The smallest absolute Gasteiger partial charge is 0.278 e. The molecule has 0 aromatic rings. The molecule has 0 aromatic heterocycles. The third-order valence-electron chi connectivity index (χ3n) is 0.472. The van der Waals surface area contributed by atoms with Crippen molar-refractivity contribution in [3.8, 4) is 0 Å². The third kappa shape index (κ3) is 17.6. The van der Waals surface area contributed by atoms with E-state index in [1.807, 2.05) is 27.7 Å². The summed E-state index contributed by atoms with van der Waals surface area (Å²) in [4.78, 5) is 10.1. The molecule has 0 bridgehead atoms. The summed E-state index contributed by atoms with van der Waals surface area (Å²) in [6, 6.07) is 0. The van der Waals surface area contributed by atoms with Crippen LogP contribution in [0, 0.1) is 5.41 Å². The lowest BCUT2D eigenvalue weighted by Gasteiger charge is -1.90. The Kier molecular flexibility index (Phi) is 24.2. The van der Waals surface area contributed by atoms with Crippen LogP contribution in [0.15, 0.2) is 0 Å². The maximum atomic E-state index is 10.1. The van der Waals surface area contributed by atoms with Crippen LogP contribution in [-0.2, 0) is 4.79 Å². The summed E-state index contributed by atoms with van der Waals surface area (Å²) in [7, 11) is 0. The van der Waals surface area contributed by atoms with Crippen molar-refractivity contribution in [2.24, 2.45) is 5.84 Å². The largest absolute Gasteiger partial charge is 0.300 e. The molecule has 68 valence electrons. The van der Waals surface area contributed by atoms with Crippen LogP contribution in [0.5, 0.6) is 0 Å². The van der Waals surface area contributed by atoms with Crippen LogP contribution >= 0.6 is 0 Å². The van der Waals surface area contributed by atoms with Crippen molar-refractivity contribution < 1.29 is 4.79 Å². The van der Waals surface area contributed by atoms with Gasteiger partial charge in [-0.05, 0) is 6.92 Å². The van der Waals surface area contributed by atoms with Gasteiger partial charge in [-0.15, -0.1) is 0 Å². The van der Waals surface area contributed by atoms with E-state index in [2.05, 4.69) is 5.84 Å². The van der Waals surface area contributed by atoms with E-state index in [-0.39, 0.29) is 5.71 Å². The van der Waals surface area contributed by atoms with Gasteiger partial charge in [0, 0.05) is 0 Å². The first-order chi connectivity index (χ1) is 5.18. The molecule has 0 saturated heterocycles. The van der Waals surface area contributed by atoms with Gasteiger partial charge in [-0.1, -0.05) is 27.7 Å². The molecule has 0 aliphatic rings. The van der Waals surface area contributed by atoms with Gasteiger partial charge in [-0.2, -0.15) is 0 Å². The first-order valence-electron chi connectivity index (χ1n) is 3.74. The van der Waals surface area contributed by atoms with E-state index in [4.69, 9.17) is 5.41 Å². The standard InChI is InChI=1S/C3H7N3O.2C2H6/c1-2(4)3(7)6-5;2*1-2/h4H,5H2,1H3,(H,6,7);2*1-2H3. The average Bonchev–Trinajstić information content (AvgIpc) is 2.10. The maximum absolute atomic E-state index is 10.1. The second kappa shape index (κ2) is 16.0. The second-order valence-electron chi connectivity index (χ2n) is 1.10. The molecule has 4 nitrogen and oxygen atoms in total. The monoisotopic (exact) mass is 161 g/mol. The molecule has 0 spiro atoms. The van der Waals surface area contributed by atoms with Gasteiger partial charge >= 0.3 is 0 Å². The zero-order valence-corrected chi connectivity index (χ0v) is 7.99. The highest BCUT2D eigenvalue weighted by Gasteiger charge is 1.95. The highest BCUT2D eigenvalue weighted by atomic mass is 16.2. The molecule has 0 atom stereocenters. The molecule has 0 aromatic carbocycles. The van der Waals surface area contributed by atoms with Gasteiger partial charge in [0.15, 0.2) is 0 Å².